The topological polar surface area (TPSA) is 116 Å². The molecule has 0 aliphatic carbocycles. The Morgan fingerprint density at radius 2 is 1.62 bits per heavy atom. The number of rotatable bonds is 6. The van der Waals surface area contributed by atoms with Crippen LogP contribution in [-0.2, 0) is 9.47 Å². The van der Waals surface area contributed by atoms with E-state index in [0.717, 1.165) is 0 Å². The molecule has 0 aliphatic heterocycles. The van der Waals surface area contributed by atoms with Crippen molar-refractivity contribution in [1.29, 1.82) is 5.26 Å². The lowest BCUT2D eigenvalue weighted by molar-refractivity contribution is 0.0549. The number of ether oxygens (including phenoxy) is 3. The summed E-state index contributed by atoms with van der Waals surface area (Å²) >= 11 is 0. The van der Waals surface area contributed by atoms with E-state index in [-0.39, 0.29) is 17.0 Å². The largest absolute Gasteiger partial charge is 0.465 e. The van der Waals surface area contributed by atoms with Crippen LogP contribution in [0.5, 0.6) is 11.6 Å². The molecule has 0 atom stereocenters. The van der Waals surface area contributed by atoms with Crippen LogP contribution in [-0.4, -0.2) is 40.9 Å². The van der Waals surface area contributed by atoms with Gasteiger partial charge in [0.15, 0.2) is 5.69 Å². The number of aromatic nitrogens is 3. The molecular weight excluding hydrogens is 436 g/mol. The zero-order chi connectivity index (χ0) is 24.1. The molecule has 0 unspecified atom stereocenters. The number of esters is 2. The molecule has 2 aromatic carbocycles. The number of carbonyl (C=O) groups is 2. The van der Waals surface area contributed by atoms with Crippen LogP contribution in [0.3, 0.4) is 0 Å². The van der Waals surface area contributed by atoms with Crippen molar-refractivity contribution in [3.8, 4) is 34.6 Å². The molecule has 0 fully saturated rings. The third-order valence-electron chi connectivity index (χ3n) is 4.87. The first-order valence-electron chi connectivity index (χ1n) is 10.0. The van der Waals surface area contributed by atoms with Crippen LogP contribution in [0.1, 0.15) is 26.4 Å². The van der Waals surface area contributed by atoms with Gasteiger partial charge < -0.3 is 14.2 Å². The lowest BCUT2D eigenvalue weighted by Crippen LogP contribution is -2.15. The summed E-state index contributed by atoms with van der Waals surface area (Å²) in [7, 11) is 2.46. The van der Waals surface area contributed by atoms with Gasteiger partial charge in [0.25, 0.3) is 0 Å². The summed E-state index contributed by atoms with van der Waals surface area (Å²) in [6.07, 6.45) is 1.41. The third kappa shape index (κ3) is 4.33. The Balaban J connectivity index is 1.77. The molecule has 9 nitrogen and oxygen atoms in total. The summed E-state index contributed by atoms with van der Waals surface area (Å²) in [6.45, 7) is 0. The van der Waals surface area contributed by atoms with Crippen molar-refractivity contribution in [2.45, 2.75) is 0 Å². The smallest absolute Gasteiger partial charge is 0.357 e. The van der Waals surface area contributed by atoms with Crippen molar-refractivity contribution in [1.82, 2.24) is 14.8 Å². The van der Waals surface area contributed by atoms with Gasteiger partial charge in [-0.2, -0.15) is 10.4 Å². The molecule has 0 spiro atoms. The molecular formula is C25H18N4O5. The predicted octanol–water partition coefficient (Wildman–Crippen LogP) is 4.17. The van der Waals surface area contributed by atoms with Gasteiger partial charge in [-0.15, -0.1) is 0 Å². The number of hydrogen-bond acceptors (Lipinski definition) is 8. The summed E-state index contributed by atoms with van der Waals surface area (Å²) in [5.41, 5.74) is 1.75. The van der Waals surface area contributed by atoms with Gasteiger partial charge in [0.05, 0.1) is 25.5 Å². The fourth-order valence-corrected chi connectivity index (χ4v) is 3.27. The summed E-state index contributed by atoms with van der Waals surface area (Å²) in [5.74, 6) is -0.644. The normalized spacial score (nSPS) is 10.3. The summed E-state index contributed by atoms with van der Waals surface area (Å²) < 4.78 is 16.9. The second kappa shape index (κ2) is 9.67. The van der Waals surface area contributed by atoms with Crippen LogP contribution in [0.25, 0.3) is 16.9 Å². The number of nitriles is 1. The van der Waals surface area contributed by atoms with E-state index in [1.807, 2.05) is 12.1 Å². The number of hydrogen-bond donors (Lipinski definition) is 0. The molecule has 2 aromatic heterocycles. The molecule has 4 rings (SSSR count). The Kier molecular flexibility index (Phi) is 6.32. The van der Waals surface area contributed by atoms with Gasteiger partial charge in [-0.25, -0.2) is 19.3 Å². The number of benzene rings is 2. The Bertz CT molecular complexity index is 1370. The van der Waals surface area contributed by atoms with Gasteiger partial charge in [0, 0.05) is 17.8 Å². The zero-order valence-electron chi connectivity index (χ0n) is 18.3. The second-order valence-electron chi connectivity index (χ2n) is 6.93. The molecule has 0 N–H and O–H groups in total. The first-order valence-corrected chi connectivity index (χ1v) is 10.0. The maximum absolute atomic E-state index is 12.7. The van der Waals surface area contributed by atoms with E-state index in [9.17, 15) is 9.59 Å². The minimum absolute atomic E-state index is 0.0133. The highest BCUT2D eigenvalue weighted by molar-refractivity contribution is 6.06. The van der Waals surface area contributed by atoms with Crippen LogP contribution >= 0.6 is 0 Å². The highest BCUT2D eigenvalue weighted by Gasteiger charge is 2.31. The monoisotopic (exact) mass is 454 g/mol. The maximum Gasteiger partial charge on any atom is 0.357 e. The highest BCUT2D eigenvalue weighted by atomic mass is 16.5. The van der Waals surface area contributed by atoms with E-state index in [0.29, 0.717) is 28.4 Å². The number of carbonyl (C=O) groups excluding carboxylic acids is 2. The first-order chi connectivity index (χ1) is 16.5. The zero-order valence-corrected chi connectivity index (χ0v) is 18.3. The van der Waals surface area contributed by atoms with Gasteiger partial charge in [0.2, 0.25) is 5.88 Å². The highest BCUT2D eigenvalue weighted by Crippen LogP contribution is 2.31. The SMILES string of the molecule is COC(=O)c1c(-c2ccc(Oc3ccc(C#N)cn3)cc2)nn(-c2ccccc2)c1C(=O)OC. The number of nitrogens with zero attached hydrogens (tertiary/aromatic N) is 4. The van der Waals surface area contributed by atoms with E-state index in [1.54, 1.807) is 60.7 Å². The molecule has 9 heteroatoms. The van der Waals surface area contributed by atoms with Gasteiger partial charge >= 0.3 is 11.9 Å². The number of pyridine rings is 1. The van der Waals surface area contributed by atoms with Crippen LogP contribution in [0.15, 0.2) is 72.9 Å². The van der Waals surface area contributed by atoms with Crippen molar-refractivity contribution >= 4 is 11.9 Å². The molecule has 4 aromatic rings. The molecule has 168 valence electrons. The summed E-state index contributed by atoms with van der Waals surface area (Å²) in [6, 6.07) is 20.9. The standard InChI is InChI=1S/C25H18N4O5/c1-32-24(30)21-22(28-29(23(21)25(31)33-2)18-6-4-3-5-7-18)17-9-11-19(12-10-17)34-20-13-8-16(14-26)15-27-20/h3-13,15H,1-2H3. The molecule has 0 saturated heterocycles. The van der Waals surface area contributed by atoms with Crippen molar-refractivity contribution in [2.75, 3.05) is 14.2 Å². The quantitative estimate of drug-likeness (QED) is 0.399. The minimum Gasteiger partial charge on any atom is -0.465 e. The third-order valence-corrected chi connectivity index (χ3v) is 4.87. The van der Waals surface area contributed by atoms with Crippen molar-refractivity contribution in [2.24, 2.45) is 0 Å². The fraction of sp³-hybridized carbons (Fsp3) is 0.0800. The van der Waals surface area contributed by atoms with E-state index < -0.39 is 11.9 Å². The molecule has 0 amide bonds. The Morgan fingerprint density at radius 3 is 2.21 bits per heavy atom. The fourth-order valence-electron chi connectivity index (χ4n) is 3.27. The number of para-hydroxylation sites is 1. The molecule has 0 aliphatic rings. The van der Waals surface area contributed by atoms with Gasteiger partial charge in [-0.05, 0) is 42.5 Å². The Hall–Kier alpha value is -4.97. The maximum atomic E-state index is 12.7. The van der Waals surface area contributed by atoms with Crippen molar-refractivity contribution in [3.63, 3.8) is 0 Å². The lowest BCUT2D eigenvalue weighted by Gasteiger charge is -2.07. The minimum atomic E-state index is -0.727. The van der Waals surface area contributed by atoms with E-state index >= 15 is 0 Å². The summed E-state index contributed by atoms with van der Waals surface area (Å²) in [5, 5.41) is 13.4. The predicted molar refractivity (Wildman–Crippen MR) is 121 cm³/mol. The van der Waals surface area contributed by atoms with Crippen LogP contribution < -0.4 is 4.74 Å². The summed E-state index contributed by atoms with van der Waals surface area (Å²) in [4.78, 5) is 29.5. The first kappa shape index (κ1) is 22.2. The van der Waals surface area contributed by atoms with E-state index in [4.69, 9.17) is 19.5 Å². The Morgan fingerprint density at radius 1 is 0.912 bits per heavy atom. The molecule has 2 heterocycles. The van der Waals surface area contributed by atoms with Gasteiger partial charge in [0.1, 0.15) is 23.1 Å². The molecule has 0 radical (unpaired) electrons. The van der Waals surface area contributed by atoms with Gasteiger partial charge in [-0.3, -0.25) is 0 Å². The number of methoxy groups -OCH3 is 2. The molecule has 0 bridgehead atoms. The van der Waals surface area contributed by atoms with Crippen molar-refractivity contribution in [3.05, 3.63) is 89.7 Å². The van der Waals surface area contributed by atoms with E-state index in [1.165, 1.54) is 25.1 Å². The average molecular weight is 454 g/mol. The average Bonchev–Trinajstić information content (AvgIpc) is 3.30. The van der Waals surface area contributed by atoms with E-state index in [2.05, 4.69) is 10.1 Å². The second-order valence-corrected chi connectivity index (χ2v) is 6.93. The Labute approximate surface area is 194 Å². The van der Waals surface area contributed by atoms with Crippen molar-refractivity contribution < 1.29 is 23.8 Å². The van der Waals surface area contributed by atoms with Gasteiger partial charge in [-0.1, -0.05) is 18.2 Å². The van der Waals surface area contributed by atoms with Crippen LogP contribution in [0, 0.1) is 11.3 Å². The van der Waals surface area contributed by atoms with Crippen LogP contribution in [0.2, 0.25) is 0 Å². The lowest BCUT2D eigenvalue weighted by atomic mass is 10.1. The van der Waals surface area contributed by atoms with Crippen LogP contribution in [0.4, 0.5) is 0 Å². The molecule has 34 heavy (non-hydrogen) atoms. The molecule has 0 saturated carbocycles.